The summed E-state index contributed by atoms with van der Waals surface area (Å²) in [6, 6.07) is 18.2. The highest BCUT2D eigenvalue weighted by atomic mass is 31.1. The van der Waals surface area contributed by atoms with Gasteiger partial charge in [0.2, 0.25) is 0 Å². The van der Waals surface area contributed by atoms with Crippen LogP contribution in [0.3, 0.4) is 0 Å². The lowest BCUT2D eigenvalue weighted by Gasteiger charge is -2.69. The Kier molecular flexibility index (Phi) is 6.44. The van der Waals surface area contributed by atoms with Crippen LogP contribution in [0.25, 0.3) is 0 Å². The summed E-state index contributed by atoms with van der Waals surface area (Å²) in [5, 5.41) is -0.882. The summed E-state index contributed by atoms with van der Waals surface area (Å²) in [5.41, 5.74) is 0.110. The SMILES string of the molecule is CPC1(OC(=O)c2ccccc2)C2C(C)C(C)C(C(C)C2C)C1(C)OC(=O)c1ccccc1. The number of carbonyl (C=O) groups excluding carboxylic acids is 2. The van der Waals surface area contributed by atoms with Gasteiger partial charge in [-0.05, 0) is 61.5 Å². The Morgan fingerprint density at radius 2 is 1.09 bits per heavy atom. The zero-order valence-corrected chi connectivity index (χ0v) is 21.4. The second-order valence-corrected chi connectivity index (χ2v) is 11.3. The minimum atomic E-state index is -0.930. The van der Waals surface area contributed by atoms with Crippen LogP contribution in [-0.4, -0.2) is 29.5 Å². The predicted molar refractivity (Wildman–Crippen MR) is 133 cm³/mol. The third-order valence-electron chi connectivity index (χ3n) is 8.72. The number of rotatable bonds is 5. The van der Waals surface area contributed by atoms with Gasteiger partial charge in [-0.3, -0.25) is 0 Å². The maximum Gasteiger partial charge on any atom is 0.339 e. The summed E-state index contributed by atoms with van der Waals surface area (Å²) in [6.45, 7) is 13.2. The van der Waals surface area contributed by atoms with Gasteiger partial charge >= 0.3 is 11.9 Å². The van der Waals surface area contributed by atoms with Crippen molar-refractivity contribution in [1.29, 1.82) is 0 Å². The van der Waals surface area contributed by atoms with Crippen LogP contribution in [0.4, 0.5) is 0 Å². The summed E-state index contributed by atoms with van der Waals surface area (Å²) in [5.74, 6) is 0.849. The number of hydrogen-bond acceptors (Lipinski definition) is 4. The molecule has 0 N–H and O–H groups in total. The van der Waals surface area contributed by atoms with Gasteiger partial charge < -0.3 is 9.47 Å². The van der Waals surface area contributed by atoms with Gasteiger partial charge in [0.25, 0.3) is 0 Å². The largest absolute Gasteiger partial charge is 0.451 e. The lowest BCUT2D eigenvalue weighted by molar-refractivity contribution is -0.265. The van der Waals surface area contributed by atoms with Crippen LogP contribution < -0.4 is 0 Å². The van der Waals surface area contributed by atoms with E-state index >= 15 is 0 Å². The number of esters is 2. The molecule has 176 valence electrons. The van der Waals surface area contributed by atoms with Gasteiger partial charge in [0.1, 0.15) is 0 Å². The van der Waals surface area contributed by atoms with Crippen molar-refractivity contribution in [2.75, 3.05) is 6.66 Å². The molecule has 2 aromatic carbocycles. The van der Waals surface area contributed by atoms with Crippen molar-refractivity contribution >= 4 is 20.5 Å². The quantitative estimate of drug-likeness (QED) is 0.385. The Hall–Kier alpha value is -2.19. The van der Waals surface area contributed by atoms with Crippen LogP contribution >= 0.6 is 8.58 Å². The molecular formula is C28H35O4P. The van der Waals surface area contributed by atoms with Crippen LogP contribution in [-0.2, 0) is 9.47 Å². The molecule has 7 atom stereocenters. The van der Waals surface area contributed by atoms with E-state index in [4.69, 9.17) is 9.47 Å². The third-order valence-corrected chi connectivity index (χ3v) is 10.4. The minimum absolute atomic E-state index is 0.0798. The lowest BCUT2D eigenvalue weighted by atomic mass is 9.45. The van der Waals surface area contributed by atoms with Gasteiger partial charge in [0, 0.05) is 11.8 Å². The summed E-state index contributed by atoms with van der Waals surface area (Å²) >= 11 is 0. The molecule has 0 aliphatic heterocycles. The van der Waals surface area contributed by atoms with Crippen molar-refractivity contribution in [3.63, 3.8) is 0 Å². The highest BCUT2D eigenvalue weighted by Crippen LogP contribution is 2.69. The van der Waals surface area contributed by atoms with Crippen molar-refractivity contribution in [2.45, 2.75) is 45.6 Å². The molecule has 0 heterocycles. The molecular weight excluding hydrogens is 431 g/mol. The lowest BCUT2D eigenvalue weighted by Crippen LogP contribution is -2.75. The Morgan fingerprint density at radius 3 is 1.52 bits per heavy atom. The molecule has 0 spiro atoms. The van der Waals surface area contributed by atoms with Crippen molar-refractivity contribution in [3.05, 3.63) is 71.8 Å². The Morgan fingerprint density at radius 1 is 0.697 bits per heavy atom. The van der Waals surface area contributed by atoms with Crippen LogP contribution in [0.2, 0.25) is 0 Å². The second-order valence-electron chi connectivity index (χ2n) is 10.1. The first-order chi connectivity index (χ1) is 15.7. The molecule has 0 saturated heterocycles. The molecule has 5 heteroatoms. The Labute approximate surface area is 199 Å². The van der Waals surface area contributed by atoms with Crippen LogP contribution in [0, 0.1) is 35.5 Å². The molecule has 4 nitrogen and oxygen atoms in total. The molecule has 3 saturated carbocycles. The van der Waals surface area contributed by atoms with Crippen molar-refractivity contribution in [1.82, 2.24) is 0 Å². The average Bonchev–Trinajstić information content (AvgIpc) is 2.82. The minimum Gasteiger partial charge on any atom is -0.451 e. The fraction of sp³-hybridized carbons (Fsp3) is 0.500. The predicted octanol–water partition coefficient (Wildman–Crippen LogP) is 6.27. The van der Waals surface area contributed by atoms with Crippen LogP contribution in [0.5, 0.6) is 0 Å². The number of ether oxygens (including phenoxy) is 2. The normalized spacial score (nSPS) is 37.8. The summed E-state index contributed by atoms with van der Waals surface area (Å²) in [4.78, 5) is 26.8. The standard InChI is InChI=1S/C28H35O4P/c1-17-19(3)24-20(4)18(2)23(17)27(5,31-25(29)21-13-9-7-10-14-21)28(24,33-6)32-26(30)22-15-11-8-12-16-22/h7-20,23-24,33H,1-6H3. The highest BCUT2D eigenvalue weighted by molar-refractivity contribution is 7.39. The highest BCUT2D eigenvalue weighted by Gasteiger charge is 2.73. The number of hydrogen-bond donors (Lipinski definition) is 0. The van der Waals surface area contributed by atoms with Gasteiger partial charge in [0.05, 0.1) is 11.1 Å². The van der Waals surface area contributed by atoms with Crippen LogP contribution in [0.1, 0.15) is 55.3 Å². The van der Waals surface area contributed by atoms with Crippen LogP contribution in [0.15, 0.2) is 60.7 Å². The van der Waals surface area contributed by atoms with Crippen molar-refractivity contribution < 1.29 is 19.1 Å². The molecule has 3 fully saturated rings. The first kappa shape index (κ1) is 24.0. The molecule has 3 aliphatic carbocycles. The second kappa shape index (κ2) is 8.87. The molecule has 33 heavy (non-hydrogen) atoms. The summed E-state index contributed by atoms with van der Waals surface area (Å²) in [6.07, 6.45) is 0. The van der Waals surface area contributed by atoms with Crippen molar-refractivity contribution in [2.24, 2.45) is 35.5 Å². The van der Waals surface area contributed by atoms with E-state index in [-0.39, 0.29) is 32.4 Å². The molecule has 7 unspecified atom stereocenters. The van der Waals surface area contributed by atoms with Gasteiger partial charge in [-0.1, -0.05) is 72.7 Å². The van der Waals surface area contributed by atoms with E-state index in [1.165, 1.54) is 0 Å². The number of fused-ring (bicyclic) bond motifs is 3. The van der Waals surface area contributed by atoms with E-state index in [0.717, 1.165) is 0 Å². The fourth-order valence-electron chi connectivity index (χ4n) is 6.97. The van der Waals surface area contributed by atoms with E-state index in [9.17, 15) is 9.59 Å². The van der Waals surface area contributed by atoms with Gasteiger partial charge in [0.15, 0.2) is 10.9 Å². The maximum atomic E-state index is 13.4. The fourth-order valence-corrected chi connectivity index (χ4v) is 8.74. The average molecular weight is 467 g/mol. The van der Waals surface area contributed by atoms with E-state index in [1.54, 1.807) is 24.3 Å². The summed E-state index contributed by atoms with van der Waals surface area (Å²) < 4.78 is 13.0. The first-order valence-electron chi connectivity index (χ1n) is 11.9. The topological polar surface area (TPSA) is 52.6 Å². The Balaban J connectivity index is 1.82. The zero-order valence-electron chi connectivity index (χ0n) is 20.4. The van der Waals surface area contributed by atoms with Gasteiger partial charge in [-0.2, -0.15) is 0 Å². The Bertz CT molecular complexity index is 993. The first-order valence-corrected chi connectivity index (χ1v) is 13.4. The van der Waals surface area contributed by atoms with Gasteiger partial charge in [-0.25, -0.2) is 9.59 Å². The molecule has 5 rings (SSSR count). The zero-order chi connectivity index (χ0) is 24.0. The number of carbonyl (C=O) groups is 2. The van der Waals surface area contributed by atoms with Gasteiger partial charge in [-0.15, -0.1) is 0 Å². The molecule has 3 aliphatic rings. The van der Waals surface area contributed by atoms with E-state index < -0.39 is 10.9 Å². The van der Waals surface area contributed by atoms with E-state index in [0.29, 0.717) is 34.8 Å². The monoisotopic (exact) mass is 466 g/mol. The van der Waals surface area contributed by atoms with E-state index in [2.05, 4.69) is 34.4 Å². The third kappa shape index (κ3) is 3.62. The summed E-state index contributed by atoms with van der Waals surface area (Å²) in [7, 11) is 0.272. The molecule has 2 bridgehead atoms. The smallest absolute Gasteiger partial charge is 0.339 e. The van der Waals surface area contributed by atoms with E-state index in [1.807, 2.05) is 43.3 Å². The molecule has 0 aromatic heterocycles. The van der Waals surface area contributed by atoms with Crippen molar-refractivity contribution in [3.8, 4) is 0 Å². The number of benzene rings is 2. The molecule has 2 aromatic rings. The molecule has 0 amide bonds. The maximum absolute atomic E-state index is 13.4. The molecule has 0 radical (unpaired) electrons.